The first-order valence-electron chi connectivity index (χ1n) is 6.70. The van der Waals surface area contributed by atoms with Crippen LogP contribution in [0.15, 0.2) is 24.3 Å². The van der Waals surface area contributed by atoms with Gasteiger partial charge in [-0.05, 0) is 56.4 Å². The summed E-state index contributed by atoms with van der Waals surface area (Å²) in [6, 6.07) is 5.71. The highest BCUT2D eigenvalue weighted by atomic mass is 16.5. The normalized spacial score (nSPS) is 14.4. The van der Waals surface area contributed by atoms with Crippen molar-refractivity contribution in [2.24, 2.45) is 0 Å². The summed E-state index contributed by atoms with van der Waals surface area (Å²) in [6.07, 6.45) is 5.71. The van der Waals surface area contributed by atoms with Gasteiger partial charge < -0.3 is 9.47 Å². The van der Waals surface area contributed by atoms with Crippen LogP contribution in [0.2, 0.25) is 0 Å². The average molecular weight is 260 g/mol. The first-order chi connectivity index (χ1) is 9.11. The van der Waals surface area contributed by atoms with Gasteiger partial charge in [-0.15, -0.1) is 0 Å². The van der Waals surface area contributed by atoms with Crippen molar-refractivity contribution in [1.82, 2.24) is 0 Å². The van der Waals surface area contributed by atoms with Gasteiger partial charge in [0, 0.05) is 0 Å². The molecule has 1 aromatic rings. The molecule has 1 aliphatic carbocycles. The maximum Gasteiger partial charge on any atom is 0.341 e. The molecule has 0 N–H and O–H groups in total. The molecular weight excluding hydrogens is 240 g/mol. The van der Waals surface area contributed by atoms with Gasteiger partial charge in [-0.25, -0.2) is 4.79 Å². The molecule has 0 radical (unpaired) electrons. The van der Waals surface area contributed by atoms with E-state index < -0.39 is 0 Å². The van der Waals surface area contributed by atoms with E-state index >= 15 is 0 Å². The van der Waals surface area contributed by atoms with Crippen molar-refractivity contribution in [1.29, 1.82) is 0 Å². The van der Waals surface area contributed by atoms with Crippen LogP contribution >= 0.6 is 0 Å². The van der Waals surface area contributed by atoms with E-state index in [-0.39, 0.29) is 12.1 Å². The molecular formula is C16H20O3. The van der Waals surface area contributed by atoms with E-state index in [1.807, 2.05) is 26.0 Å². The van der Waals surface area contributed by atoms with Crippen LogP contribution in [0, 0.1) is 0 Å². The second-order valence-corrected chi connectivity index (χ2v) is 4.99. The molecule has 0 aliphatic heterocycles. The number of carbonyl (C=O) groups excluding carboxylic acids is 1. The number of ether oxygens (including phenoxy) is 2. The number of esters is 1. The van der Waals surface area contributed by atoms with E-state index in [0.29, 0.717) is 11.3 Å². The van der Waals surface area contributed by atoms with Crippen molar-refractivity contribution in [3.05, 3.63) is 35.4 Å². The van der Waals surface area contributed by atoms with Crippen molar-refractivity contribution in [2.75, 3.05) is 7.11 Å². The molecule has 0 amide bonds. The quantitative estimate of drug-likeness (QED) is 0.772. The van der Waals surface area contributed by atoms with Crippen molar-refractivity contribution in [3.63, 3.8) is 0 Å². The van der Waals surface area contributed by atoms with Crippen LogP contribution < -0.4 is 4.74 Å². The van der Waals surface area contributed by atoms with Gasteiger partial charge in [0.05, 0.1) is 13.2 Å². The third-order valence-corrected chi connectivity index (χ3v) is 3.16. The minimum absolute atomic E-state index is 0.0243. The Morgan fingerprint density at radius 1 is 1.32 bits per heavy atom. The molecule has 1 aromatic carbocycles. The Morgan fingerprint density at radius 2 is 2.11 bits per heavy atom. The van der Waals surface area contributed by atoms with Crippen LogP contribution in [0.1, 0.15) is 49.0 Å². The summed E-state index contributed by atoms with van der Waals surface area (Å²) in [5.41, 5.74) is 2.96. The van der Waals surface area contributed by atoms with Gasteiger partial charge in [0.15, 0.2) is 0 Å². The highest BCUT2D eigenvalue weighted by Crippen LogP contribution is 2.32. The molecule has 0 atom stereocenters. The molecule has 0 saturated heterocycles. The Bertz CT molecular complexity index is 501. The molecule has 0 unspecified atom stereocenters. The Kier molecular flexibility index (Phi) is 4.25. The molecule has 0 bridgehead atoms. The van der Waals surface area contributed by atoms with Crippen LogP contribution in [0.4, 0.5) is 0 Å². The van der Waals surface area contributed by atoms with Gasteiger partial charge in [0.25, 0.3) is 0 Å². The summed E-state index contributed by atoms with van der Waals surface area (Å²) in [4.78, 5) is 11.7. The van der Waals surface area contributed by atoms with Gasteiger partial charge in [0.2, 0.25) is 0 Å². The maximum absolute atomic E-state index is 11.7. The first-order valence-corrected chi connectivity index (χ1v) is 6.70. The number of benzene rings is 1. The fourth-order valence-corrected chi connectivity index (χ4v) is 2.29. The van der Waals surface area contributed by atoms with E-state index in [2.05, 4.69) is 6.08 Å². The molecule has 0 aromatic heterocycles. The van der Waals surface area contributed by atoms with E-state index in [4.69, 9.17) is 9.47 Å². The molecule has 0 heterocycles. The molecule has 102 valence electrons. The lowest BCUT2D eigenvalue weighted by Gasteiger charge is -2.15. The van der Waals surface area contributed by atoms with E-state index in [1.165, 1.54) is 19.1 Å². The minimum atomic E-state index is -0.359. The number of rotatable bonds is 4. The third-order valence-electron chi connectivity index (χ3n) is 3.16. The van der Waals surface area contributed by atoms with Crippen LogP contribution in [0.5, 0.6) is 5.75 Å². The molecule has 19 heavy (non-hydrogen) atoms. The predicted octanol–water partition coefficient (Wildman–Crippen LogP) is 3.83. The van der Waals surface area contributed by atoms with Gasteiger partial charge in [-0.3, -0.25) is 0 Å². The summed E-state index contributed by atoms with van der Waals surface area (Å²) in [5, 5.41) is 0. The number of allylic oxidation sites excluding steroid dienone is 2. The Hall–Kier alpha value is -1.77. The largest absolute Gasteiger partial charge is 0.490 e. The van der Waals surface area contributed by atoms with Crippen LogP contribution in [0.3, 0.4) is 0 Å². The Morgan fingerprint density at radius 3 is 2.68 bits per heavy atom. The fourth-order valence-electron chi connectivity index (χ4n) is 2.29. The summed E-state index contributed by atoms with van der Waals surface area (Å²) < 4.78 is 10.5. The Labute approximate surface area is 114 Å². The molecule has 0 fully saturated rings. The van der Waals surface area contributed by atoms with Crippen LogP contribution in [-0.2, 0) is 4.74 Å². The molecule has 3 nitrogen and oxygen atoms in total. The second-order valence-electron chi connectivity index (χ2n) is 4.99. The van der Waals surface area contributed by atoms with Crippen molar-refractivity contribution in [3.8, 4) is 5.75 Å². The van der Waals surface area contributed by atoms with Crippen LogP contribution in [0.25, 0.3) is 5.57 Å². The zero-order chi connectivity index (χ0) is 13.8. The molecule has 0 saturated carbocycles. The van der Waals surface area contributed by atoms with E-state index in [0.717, 1.165) is 18.4 Å². The number of hydrogen-bond acceptors (Lipinski definition) is 3. The predicted molar refractivity (Wildman–Crippen MR) is 75.4 cm³/mol. The Balaban J connectivity index is 2.37. The highest BCUT2D eigenvalue weighted by Gasteiger charge is 2.16. The van der Waals surface area contributed by atoms with Crippen molar-refractivity contribution >= 4 is 11.5 Å². The number of carbonyl (C=O) groups is 1. The van der Waals surface area contributed by atoms with Crippen molar-refractivity contribution < 1.29 is 14.3 Å². The average Bonchev–Trinajstić information content (AvgIpc) is 2.91. The van der Waals surface area contributed by atoms with Gasteiger partial charge >= 0.3 is 5.97 Å². The summed E-state index contributed by atoms with van der Waals surface area (Å²) in [5.74, 6) is 0.245. The third kappa shape index (κ3) is 3.16. The summed E-state index contributed by atoms with van der Waals surface area (Å²) >= 11 is 0. The highest BCUT2D eigenvalue weighted by molar-refractivity contribution is 5.93. The van der Waals surface area contributed by atoms with Crippen molar-refractivity contribution in [2.45, 2.75) is 39.2 Å². The number of methoxy groups -OCH3 is 1. The zero-order valence-electron chi connectivity index (χ0n) is 11.7. The lowest BCUT2D eigenvalue weighted by atomic mass is 10.0. The first kappa shape index (κ1) is 13.7. The topological polar surface area (TPSA) is 35.5 Å². The monoisotopic (exact) mass is 260 g/mol. The SMILES string of the molecule is COC(=O)c1ccc(C2=CCCC2)cc1OC(C)C. The van der Waals surface area contributed by atoms with E-state index in [1.54, 1.807) is 6.07 Å². The molecule has 3 heteroatoms. The van der Waals surface area contributed by atoms with Gasteiger partial charge in [0.1, 0.15) is 11.3 Å². The molecule has 1 aliphatic rings. The summed E-state index contributed by atoms with van der Waals surface area (Å²) in [6.45, 7) is 3.89. The maximum atomic E-state index is 11.7. The standard InChI is InChI=1S/C16H20O3/c1-11(2)19-15-10-13(12-6-4-5-7-12)8-9-14(15)16(17)18-3/h6,8-11H,4-5,7H2,1-3H3. The van der Waals surface area contributed by atoms with Gasteiger partial charge in [-0.1, -0.05) is 12.1 Å². The smallest absolute Gasteiger partial charge is 0.341 e. The minimum Gasteiger partial charge on any atom is -0.490 e. The second kappa shape index (κ2) is 5.91. The van der Waals surface area contributed by atoms with E-state index in [9.17, 15) is 4.79 Å². The van der Waals surface area contributed by atoms with Gasteiger partial charge in [-0.2, -0.15) is 0 Å². The molecule has 0 spiro atoms. The van der Waals surface area contributed by atoms with Crippen LogP contribution in [-0.4, -0.2) is 19.2 Å². The fraction of sp³-hybridized carbons (Fsp3) is 0.438. The zero-order valence-corrected chi connectivity index (χ0v) is 11.7. The summed E-state index contributed by atoms with van der Waals surface area (Å²) in [7, 11) is 1.38. The lowest BCUT2D eigenvalue weighted by molar-refractivity contribution is 0.0594. The number of hydrogen-bond donors (Lipinski definition) is 0. The molecule has 2 rings (SSSR count). The lowest BCUT2D eigenvalue weighted by Crippen LogP contribution is -2.11.